The van der Waals surface area contributed by atoms with Gasteiger partial charge in [-0.2, -0.15) is 0 Å². The Morgan fingerprint density at radius 2 is 2.10 bits per heavy atom. The fourth-order valence-electron chi connectivity index (χ4n) is 3.55. The number of halogens is 1. The second-order valence-electron chi connectivity index (χ2n) is 7.49. The van der Waals surface area contributed by atoms with Crippen LogP contribution < -0.4 is 26.4 Å². The van der Waals surface area contributed by atoms with E-state index in [1.165, 1.54) is 6.20 Å². The number of aromatic nitrogens is 1. The van der Waals surface area contributed by atoms with Gasteiger partial charge in [0.05, 0.1) is 17.7 Å². The number of rotatable bonds is 7. The number of pyridine rings is 1. The fraction of sp³-hybridized carbons (Fsp3) is 0.667. The fourth-order valence-corrected chi connectivity index (χ4v) is 3.73. The quantitative estimate of drug-likeness (QED) is 0.361. The number of nitrogens with zero attached hydrogens (tertiary/aromatic N) is 3. The van der Waals surface area contributed by atoms with Crippen molar-refractivity contribution in [2.75, 3.05) is 38.5 Å². The molecule has 0 aromatic carbocycles. The third kappa shape index (κ3) is 5.83. The minimum absolute atomic E-state index is 0.0706. The number of ether oxygens (including phenoxy) is 1. The number of amides is 1. The molecule has 3 heterocycles. The minimum atomic E-state index is -1.22. The average Bonchev–Trinajstić information content (AvgIpc) is 2.72. The highest BCUT2D eigenvalue weighted by Gasteiger charge is 2.37. The molecule has 1 amide bonds. The van der Waals surface area contributed by atoms with Gasteiger partial charge in [0.1, 0.15) is 23.5 Å². The van der Waals surface area contributed by atoms with Crippen molar-refractivity contribution >= 4 is 23.2 Å². The predicted octanol–water partition coefficient (Wildman–Crippen LogP) is 0.287. The van der Waals surface area contributed by atoms with Crippen LogP contribution in [0.1, 0.15) is 12.8 Å². The monoisotopic (exact) mass is 425 g/mol. The Bertz CT molecular complexity index is 694. The molecule has 11 heteroatoms. The van der Waals surface area contributed by atoms with E-state index in [0.717, 1.165) is 25.9 Å². The van der Waals surface area contributed by atoms with Crippen molar-refractivity contribution in [3.05, 3.63) is 23.4 Å². The molecule has 2 fully saturated rings. The first-order valence-corrected chi connectivity index (χ1v) is 10.2. The van der Waals surface area contributed by atoms with E-state index in [9.17, 15) is 9.70 Å². The van der Waals surface area contributed by atoms with Crippen LogP contribution in [0.5, 0.6) is 5.75 Å². The summed E-state index contributed by atoms with van der Waals surface area (Å²) in [5.41, 5.74) is 6.27. The molecule has 2 saturated heterocycles. The van der Waals surface area contributed by atoms with Crippen molar-refractivity contribution in [2.45, 2.75) is 36.7 Å². The van der Waals surface area contributed by atoms with Crippen LogP contribution in [-0.2, 0) is 4.79 Å². The number of alkyl halides is 1. The maximum absolute atomic E-state index is 13.0. The standard InChI is InChI=1S/C18H28ClN7O3/c1-26-6-3-12(4-7-26)29-14-2-5-21-10-13(14)24-18(27)15(16(20)25-28)17-22-8-11(19)9-23-17/h2,5,10-12,15-17,22-23H,3-4,6-9,20H2,1H3,(H,24,27). The highest BCUT2D eigenvalue weighted by molar-refractivity contribution is 6.21. The molecule has 1 aromatic rings. The summed E-state index contributed by atoms with van der Waals surface area (Å²) in [6.07, 6.45) is 3.28. The smallest absolute Gasteiger partial charge is 0.234 e. The molecule has 3 rings (SSSR count). The average molecular weight is 426 g/mol. The van der Waals surface area contributed by atoms with Crippen LogP contribution in [0.2, 0.25) is 0 Å². The molecular formula is C18H28ClN7O3. The summed E-state index contributed by atoms with van der Waals surface area (Å²) < 4.78 is 6.12. The zero-order chi connectivity index (χ0) is 20.8. The lowest BCUT2D eigenvalue weighted by Gasteiger charge is -2.34. The molecule has 2 unspecified atom stereocenters. The molecule has 2 atom stereocenters. The van der Waals surface area contributed by atoms with E-state index in [4.69, 9.17) is 22.1 Å². The van der Waals surface area contributed by atoms with Gasteiger partial charge in [-0.1, -0.05) is 5.18 Å². The van der Waals surface area contributed by atoms with Crippen LogP contribution >= 0.6 is 11.6 Å². The van der Waals surface area contributed by atoms with Crippen molar-refractivity contribution in [3.8, 4) is 5.75 Å². The molecule has 1 aromatic heterocycles. The van der Waals surface area contributed by atoms with Gasteiger partial charge in [0, 0.05) is 38.4 Å². The molecule has 160 valence electrons. The third-order valence-corrected chi connectivity index (χ3v) is 5.58. The highest BCUT2D eigenvalue weighted by atomic mass is 35.5. The van der Waals surface area contributed by atoms with Gasteiger partial charge >= 0.3 is 0 Å². The topological polar surface area (TPSA) is 134 Å². The zero-order valence-electron chi connectivity index (χ0n) is 16.4. The summed E-state index contributed by atoms with van der Waals surface area (Å²) in [6, 6.07) is 1.72. The Balaban J connectivity index is 1.70. The Morgan fingerprint density at radius 3 is 2.76 bits per heavy atom. The summed E-state index contributed by atoms with van der Waals surface area (Å²) >= 11 is 6.06. The molecule has 0 bridgehead atoms. The van der Waals surface area contributed by atoms with Crippen molar-refractivity contribution in [3.63, 3.8) is 0 Å². The van der Waals surface area contributed by atoms with Crippen molar-refractivity contribution in [1.29, 1.82) is 0 Å². The predicted molar refractivity (Wildman–Crippen MR) is 111 cm³/mol. The van der Waals surface area contributed by atoms with Crippen molar-refractivity contribution in [2.24, 2.45) is 16.8 Å². The lowest BCUT2D eigenvalue weighted by atomic mass is 9.99. The molecule has 0 spiro atoms. The number of nitrogens with two attached hydrogens (primary N) is 1. The highest BCUT2D eigenvalue weighted by Crippen LogP contribution is 2.27. The number of carbonyl (C=O) groups is 1. The van der Waals surface area contributed by atoms with E-state index >= 15 is 0 Å². The van der Waals surface area contributed by atoms with E-state index in [1.54, 1.807) is 12.3 Å². The molecule has 0 radical (unpaired) electrons. The summed E-state index contributed by atoms with van der Waals surface area (Å²) in [7, 11) is 2.08. The van der Waals surface area contributed by atoms with Crippen LogP contribution in [0.3, 0.4) is 0 Å². The molecule has 0 aliphatic carbocycles. The number of likely N-dealkylation sites (tertiary alicyclic amines) is 1. The number of hydrogen-bond acceptors (Lipinski definition) is 9. The molecule has 2 aliphatic heterocycles. The number of piperidine rings is 1. The lowest BCUT2D eigenvalue weighted by Crippen LogP contribution is -2.62. The second-order valence-corrected chi connectivity index (χ2v) is 8.11. The van der Waals surface area contributed by atoms with E-state index in [2.05, 4.69) is 38.1 Å². The Kier molecular flexibility index (Phi) is 7.73. The third-order valence-electron chi connectivity index (χ3n) is 5.27. The van der Waals surface area contributed by atoms with Crippen LogP contribution in [-0.4, -0.2) is 72.8 Å². The number of hydrogen-bond donors (Lipinski definition) is 4. The SMILES string of the molecule is CN1CCC(Oc2ccncc2NC(=O)C(C(N)N=O)C2NCC(Cl)CN2)CC1. The van der Waals surface area contributed by atoms with Crippen LogP contribution in [0.25, 0.3) is 0 Å². The number of anilines is 1. The first-order valence-electron chi connectivity index (χ1n) is 9.77. The Morgan fingerprint density at radius 1 is 1.41 bits per heavy atom. The van der Waals surface area contributed by atoms with E-state index in [-0.39, 0.29) is 11.5 Å². The maximum Gasteiger partial charge on any atom is 0.234 e. The first kappa shape index (κ1) is 21.8. The molecule has 29 heavy (non-hydrogen) atoms. The number of carbonyl (C=O) groups excluding carboxylic acids is 1. The van der Waals surface area contributed by atoms with Gasteiger partial charge in [0.15, 0.2) is 6.17 Å². The maximum atomic E-state index is 13.0. The molecule has 0 saturated carbocycles. The van der Waals surface area contributed by atoms with Crippen LogP contribution in [0, 0.1) is 10.8 Å². The van der Waals surface area contributed by atoms with Gasteiger partial charge in [-0.15, -0.1) is 16.5 Å². The second kappa shape index (κ2) is 10.3. The summed E-state index contributed by atoms with van der Waals surface area (Å²) in [5, 5.41) is 11.8. The van der Waals surface area contributed by atoms with Crippen molar-refractivity contribution in [1.82, 2.24) is 20.5 Å². The summed E-state index contributed by atoms with van der Waals surface area (Å²) in [4.78, 5) is 30.4. The Hall–Kier alpha value is -1.85. The molecule has 10 nitrogen and oxygen atoms in total. The minimum Gasteiger partial charge on any atom is -0.488 e. The van der Waals surface area contributed by atoms with Crippen molar-refractivity contribution < 1.29 is 9.53 Å². The first-order chi connectivity index (χ1) is 14.0. The zero-order valence-corrected chi connectivity index (χ0v) is 17.1. The molecule has 5 N–H and O–H groups in total. The van der Waals surface area contributed by atoms with Gasteiger partial charge in [-0.05, 0) is 19.9 Å². The molecular weight excluding hydrogens is 398 g/mol. The van der Waals surface area contributed by atoms with Gasteiger partial charge in [0.2, 0.25) is 5.91 Å². The Labute approximate surface area is 174 Å². The summed E-state index contributed by atoms with van der Waals surface area (Å²) in [6.45, 7) is 2.90. The van der Waals surface area contributed by atoms with Gasteiger partial charge < -0.3 is 20.7 Å². The summed E-state index contributed by atoms with van der Waals surface area (Å²) in [5.74, 6) is -0.830. The van der Waals surface area contributed by atoms with Gasteiger partial charge in [-0.25, -0.2) is 0 Å². The molecule has 2 aliphatic rings. The van der Waals surface area contributed by atoms with E-state index in [0.29, 0.717) is 24.5 Å². The van der Waals surface area contributed by atoms with Crippen LogP contribution in [0.15, 0.2) is 23.6 Å². The van der Waals surface area contributed by atoms with Gasteiger partial charge in [-0.3, -0.25) is 20.4 Å². The number of nitroso groups, excluding NO2 is 1. The van der Waals surface area contributed by atoms with E-state index < -0.39 is 24.2 Å². The van der Waals surface area contributed by atoms with Crippen LogP contribution in [0.4, 0.5) is 5.69 Å². The largest absolute Gasteiger partial charge is 0.488 e. The number of nitrogens with one attached hydrogen (secondary N) is 3. The lowest BCUT2D eigenvalue weighted by molar-refractivity contribution is -0.121. The normalized spacial score (nSPS) is 25.8. The van der Waals surface area contributed by atoms with E-state index in [1.807, 2.05) is 0 Å². The van der Waals surface area contributed by atoms with Gasteiger partial charge in [0.25, 0.3) is 0 Å².